The number of nitrogens with zero attached hydrogens (tertiary/aromatic N) is 3. The maximum Gasteiger partial charge on any atom is 0.306 e. The van der Waals surface area contributed by atoms with Crippen molar-refractivity contribution in [2.75, 3.05) is 20.3 Å². The van der Waals surface area contributed by atoms with E-state index in [2.05, 4.69) is 15.6 Å². The molecule has 3 rings (SSSR count). The molecule has 6 unspecified atom stereocenters. The molecule has 0 radical (unpaired) electrons. The smallest absolute Gasteiger partial charge is 0.306 e. The number of rotatable bonds is 18. The minimum atomic E-state index is -0.993. The SMILES string of the molecule is CCC(C)C(NC(=O)C1CCCCN1C)C(=O)N(CO)C(C(=O)Cc1nc(C(=O)NC(Cc2ccccc2)CC(C)C(=O)O)cs1)C(C)C. The number of aromatic nitrogens is 1. The highest BCUT2D eigenvalue weighted by Crippen LogP contribution is 2.22. The second kappa shape index (κ2) is 18.9. The zero-order chi connectivity index (χ0) is 36.2. The summed E-state index contributed by atoms with van der Waals surface area (Å²) in [6.45, 7) is 9.05. The molecule has 4 N–H and O–H groups in total. The van der Waals surface area contributed by atoms with Crippen molar-refractivity contribution in [3.8, 4) is 0 Å². The molecule has 1 fully saturated rings. The van der Waals surface area contributed by atoms with Crippen LogP contribution in [0.15, 0.2) is 35.7 Å². The molecule has 0 aliphatic carbocycles. The van der Waals surface area contributed by atoms with Crippen LogP contribution in [-0.4, -0.2) is 99.0 Å². The number of likely N-dealkylation sites (N-methyl/N-ethyl adjacent to an activating group) is 1. The van der Waals surface area contributed by atoms with Crippen LogP contribution >= 0.6 is 11.3 Å². The second-order valence-electron chi connectivity index (χ2n) is 13.6. The molecule has 0 spiro atoms. The molecule has 0 bridgehead atoms. The van der Waals surface area contributed by atoms with Gasteiger partial charge in [-0.2, -0.15) is 0 Å². The molecule has 49 heavy (non-hydrogen) atoms. The van der Waals surface area contributed by atoms with Crippen molar-refractivity contribution in [2.24, 2.45) is 17.8 Å². The third kappa shape index (κ3) is 11.2. The summed E-state index contributed by atoms with van der Waals surface area (Å²) in [6, 6.07) is 6.76. The molecule has 1 saturated heterocycles. The van der Waals surface area contributed by atoms with Crippen molar-refractivity contribution >= 4 is 40.8 Å². The van der Waals surface area contributed by atoms with Gasteiger partial charge in [-0.15, -0.1) is 11.3 Å². The number of hydrogen-bond acceptors (Lipinski definition) is 9. The number of carboxylic acids is 1. The average molecular weight is 700 g/mol. The summed E-state index contributed by atoms with van der Waals surface area (Å²) in [4.78, 5) is 73.5. The van der Waals surface area contributed by atoms with Crippen molar-refractivity contribution in [1.82, 2.24) is 25.4 Å². The van der Waals surface area contributed by atoms with E-state index in [1.807, 2.05) is 56.1 Å². The first-order valence-electron chi connectivity index (χ1n) is 17.2. The number of aliphatic hydroxyl groups is 1. The molecule has 270 valence electrons. The van der Waals surface area contributed by atoms with E-state index in [1.165, 1.54) is 0 Å². The summed E-state index contributed by atoms with van der Waals surface area (Å²) in [5, 5.41) is 27.7. The van der Waals surface area contributed by atoms with Crippen molar-refractivity contribution in [3.05, 3.63) is 52.0 Å². The topological polar surface area (TPSA) is 169 Å². The maximum atomic E-state index is 14.0. The van der Waals surface area contributed by atoms with Crippen LogP contribution in [0.3, 0.4) is 0 Å². The number of aliphatic carboxylic acids is 1. The fourth-order valence-corrected chi connectivity index (χ4v) is 7.13. The van der Waals surface area contributed by atoms with Crippen LogP contribution in [0.4, 0.5) is 0 Å². The summed E-state index contributed by atoms with van der Waals surface area (Å²) >= 11 is 1.14. The fourth-order valence-electron chi connectivity index (χ4n) is 6.35. The standard InChI is InChI=1S/C36H53N5O7S/c1-7-23(4)31(39-34(45)28-15-11-12-16-40(28)6)35(46)41(21-42)32(22(2)3)29(43)19-30-38-27(20-49-30)33(44)37-26(17-24(5)36(47)48)18-25-13-9-8-10-14-25/h8-10,13-14,20,22-24,26,28,31-32,42H,7,11-12,15-19,21H2,1-6H3,(H,37,44)(H,39,45)(H,47,48). The van der Waals surface area contributed by atoms with Gasteiger partial charge in [0.1, 0.15) is 23.5 Å². The van der Waals surface area contributed by atoms with Gasteiger partial charge in [-0.1, -0.05) is 77.8 Å². The van der Waals surface area contributed by atoms with Gasteiger partial charge >= 0.3 is 5.97 Å². The normalized spacial score (nSPS) is 18.2. The zero-order valence-corrected chi connectivity index (χ0v) is 30.4. The number of Topliss-reactive ketones (excluding diaryl/α,β-unsaturated/α-hetero) is 1. The van der Waals surface area contributed by atoms with Crippen LogP contribution in [0, 0.1) is 17.8 Å². The van der Waals surface area contributed by atoms with Crippen molar-refractivity contribution in [1.29, 1.82) is 0 Å². The van der Waals surface area contributed by atoms with Gasteiger partial charge in [-0.25, -0.2) is 4.98 Å². The van der Waals surface area contributed by atoms with Crippen LogP contribution in [0.25, 0.3) is 0 Å². The Morgan fingerprint density at radius 1 is 1.06 bits per heavy atom. The fraction of sp³-hybridized carbons (Fsp3) is 0.611. The van der Waals surface area contributed by atoms with Gasteiger partial charge in [0.2, 0.25) is 11.8 Å². The molecule has 3 amide bonds. The largest absolute Gasteiger partial charge is 0.481 e. The van der Waals surface area contributed by atoms with E-state index in [0.717, 1.165) is 41.2 Å². The summed E-state index contributed by atoms with van der Waals surface area (Å²) < 4.78 is 0. The van der Waals surface area contributed by atoms with Crippen LogP contribution in [0.2, 0.25) is 0 Å². The number of aliphatic hydroxyl groups excluding tert-OH is 1. The Balaban J connectivity index is 1.74. The van der Waals surface area contributed by atoms with Gasteiger partial charge in [0, 0.05) is 11.4 Å². The lowest BCUT2D eigenvalue weighted by atomic mass is 9.92. The van der Waals surface area contributed by atoms with E-state index in [9.17, 15) is 34.2 Å². The Labute approximate surface area is 293 Å². The molecule has 1 aromatic heterocycles. The monoisotopic (exact) mass is 699 g/mol. The van der Waals surface area contributed by atoms with E-state index >= 15 is 0 Å². The number of ketones is 1. The Hall–Kier alpha value is -3.68. The van der Waals surface area contributed by atoms with Crippen LogP contribution < -0.4 is 10.6 Å². The molecule has 2 heterocycles. The highest BCUT2D eigenvalue weighted by molar-refractivity contribution is 7.10. The van der Waals surface area contributed by atoms with Crippen LogP contribution in [-0.2, 0) is 32.0 Å². The highest BCUT2D eigenvalue weighted by Gasteiger charge is 2.39. The Bertz CT molecular complexity index is 1420. The van der Waals surface area contributed by atoms with E-state index in [1.54, 1.807) is 26.2 Å². The molecule has 13 heteroatoms. The van der Waals surface area contributed by atoms with E-state index in [-0.39, 0.29) is 48.1 Å². The number of amides is 3. The average Bonchev–Trinajstić information content (AvgIpc) is 3.54. The van der Waals surface area contributed by atoms with Crippen molar-refractivity contribution in [2.45, 2.75) is 104 Å². The third-order valence-electron chi connectivity index (χ3n) is 9.41. The molecular weight excluding hydrogens is 646 g/mol. The first-order valence-corrected chi connectivity index (χ1v) is 18.1. The molecule has 1 aliphatic heterocycles. The molecule has 6 atom stereocenters. The first kappa shape index (κ1) is 39.8. The summed E-state index contributed by atoms with van der Waals surface area (Å²) in [7, 11) is 1.90. The number of thiazole rings is 1. The van der Waals surface area contributed by atoms with Gasteiger partial charge < -0.3 is 25.7 Å². The maximum absolute atomic E-state index is 14.0. The number of piperidine rings is 1. The van der Waals surface area contributed by atoms with Gasteiger partial charge in [0.15, 0.2) is 5.78 Å². The summed E-state index contributed by atoms with van der Waals surface area (Å²) in [5.74, 6) is -3.81. The number of nitrogens with one attached hydrogen (secondary N) is 2. The van der Waals surface area contributed by atoms with Gasteiger partial charge in [0.05, 0.1) is 24.4 Å². The van der Waals surface area contributed by atoms with Gasteiger partial charge in [-0.05, 0) is 56.7 Å². The van der Waals surface area contributed by atoms with Crippen molar-refractivity contribution in [3.63, 3.8) is 0 Å². The molecule has 1 aromatic carbocycles. The molecular formula is C36H53N5O7S. The first-order chi connectivity index (χ1) is 23.3. The van der Waals surface area contributed by atoms with E-state index in [0.29, 0.717) is 24.3 Å². The lowest BCUT2D eigenvalue weighted by Crippen LogP contribution is -2.60. The molecule has 2 aromatic rings. The summed E-state index contributed by atoms with van der Waals surface area (Å²) in [5.41, 5.74) is 1.06. The number of carboxylic acid groups (broad SMARTS) is 1. The lowest BCUT2D eigenvalue weighted by molar-refractivity contribution is -0.150. The van der Waals surface area contributed by atoms with Crippen LogP contribution in [0.5, 0.6) is 0 Å². The molecule has 1 aliphatic rings. The van der Waals surface area contributed by atoms with Gasteiger partial charge in [0.25, 0.3) is 5.91 Å². The third-order valence-corrected chi connectivity index (χ3v) is 10.3. The minimum absolute atomic E-state index is 0.109. The quantitative estimate of drug-likeness (QED) is 0.170. The Morgan fingerprint density at radius 3 is 2.35 bits per heavy atom. The number of likely N-dealkylation sites (tertiary alicyclic amines) is 1. The van der Waals surface area contributed by atoms with Crippen LogP contribution in [0.1, 0.15) is 87.8 Å². The van der Waals surface area contributed by atoms with Crippen molar-refractivity contribution < 1.29 is 34.2 Å². The van der Waals surface area contributed by atoms with Gasteiger partial charge in [-0.3, -0.25) is 28.9 Å². The number of carbonyl (C=O) groups is 5. The second-order valence-corrected chi connectivity index (χ2v) is 14.5. The highest BCUT2D eigenvalue weighted by atomic mass is 32.1. The number of hydrogen-bond donors (Lipinski definition) is 4. The Morgan fingerprint density at radius 2 is 1.76 bits per heavy atom. The predicted molar refractivity (Wildman–Crippen MR) is 188 cm³/mol. The molecule has 0 saturated carbocycles. The molecule has 12 nitrogen and oxygen atoms in total. The Kier molecular flexibility index (Phi) is 15.3. The zero-order valence-electron chi connectivity index (χ0n) is 29.6. The lowest BCUT2D eigenvalue weighted by Gasteiger charge is -2.37. The minimum Gasteiger partial charge on any atom is -0.481 e. The number of benzene rings is 1. The van der Waals surface area contributed by atoms with E-state index in [4.69, 9.17) is 0 Å². The van der Waals surface area contributed by atoms with E-state index < -0.39 is 48.6 Å². The summed E-state index contributed by atoms with van der Waals surface area (Å²) in [6.07, 6.45) is 3.73. The predicted octanol–water partition coefficient (Wildman–Crippen LogP) is 3.52. The number of carbonyl (C=O) groups excluding carboxylic acids is 4.